The van der Waals surface area contributed by atoms with Gasteiger partial charge in [-0.05, 0) is 57.2 Å². The summed E-state index contributed by atoms with van der Waals surface area (Å²) < 4.78 is 0. The van der Waals surface area contributed by atoms with Crippen LogP contribution in [0, 0.1) is 11.3 Å². The van der Waals surface area contributed by atoms with Crippen molar-refractivity contribution in [2.45, 2.75) is 51.9 Å². The van der Waals surface area contributed by atoms with Gasteiger partial charge < -0.3 is 10.2 Å². The third-order valence-electron chi connectivity index (χ3n) is 4.90. The molecule has 1 aliphatic heterocycles. The van der Waals surface area contributed by atoms with Crippen LogP contribution in [0.5, 0.6) is 0 Å². The minimum Gasteiger partial charge on any atom is -0.319 e. The van der Waals surface area contributed by atoms with Gasteiger partial charge in [-0.25, -0.2) is 0 Å². The highest BCUT2D eigenvalue weighted by Crippen LogP contribution is 2.37. The van der Waals surface area contributed by atoms with E-state index in [1.807, 2.05) is 0 Å². The molecule has 0 spiro atoms. The van der Waals surface area contributed by atoms with Crippen LogP contribution < -0.4 is 5.32 Å². The van der Waals surface area contributed by atoms with Crippen molar-refractivity contribution >= 4 is 0 Å². The molecule has 0 radical (unpaired) electrons. The number of hydrogen-bond acceptors (Lipinski definition) is 2. The summed E-state index contributed by atoms with van der Waals surface area (Å²) in [7, 11) is 2.12. The fraction of sp³-hybridized carbons (Fsp3) is 1.00. The molecular formula is C15H30N2. The maximum atomic E-state index is 3.45. The van der Waals surface area contributed by atoms with Crippen molar-refractivity contribution in [3.8, 4) is 0 Å². The maximum absolute atomic E-state index is 3.45. The molecule has 1 saturated heterocycles. The fourth-order valence-electron chi connectivity index (χ4n) is 3.76. The van der Waals surface area contributed by atoms with Gasteiger partial charge in [0.15, 0.2) is 0 Å². The summed E-state index contributed by atoms with van der Waals surface area (Å²) in [4.78, 5) is 2.74. The molecule has 1 heterocycles. The maximum Gasteiger partial charge on any atom is 0.00501 e. The van der Waals surface area contributed by atoms with Crippen LogP contribution in [0.2, 0.25) is 0 Å². The molecule has 1 aliphatic carbocycles. The zero-order valence-electron chi connectivity index (χ0n) is 11.8. The van der Waals surface area contributed by atoms with Crippen molar-refractivity contribution in [1.82, 2.24) is 10.2 Å². The second-order valence-electron chi connectivity index (χ2n) is 6.55. The van der Waals surface area contributed by atoms with Crippen LogP contribution in [0.1, 0.15) is 51.9 Å². The molecular weight excluding hydrogens is 208 g/mol. The Labute approximate surface area is 107 Å². The Morgan fingerprint density at radius 1 is 1.12 bits per heavy atom. The Kier molecular flexibility index (Phi) is 4.87. The van der Waals surface area contributed by atoms with Gasteiger partial charge >= 0.3 is 0 Å². The zero-order valence-corrected chi connectivity index (χ0v) is 11.8. The predicted molar refractivity (Wildman–Crippen MR) is 74.3 cm³/mol. The van der Waals surface area contributed by atoms with Crippen molar-refractivity contribution in [3.63, 3.8) is 0 Å². The first-order valence-corrected chi connectivity index (χ1v) is 7.61. The first-order chi connectivity index (χ1) is 8.24. The summed E-state index contributed by atoms with van der Waals surface area (Å²) in [5.41, 5.74) is 0.591. The normalized spacial score (nSPS) is 27.2. The number of likely N-dealkylation sites (tertiary alicyclic amines) is 1. The molecule has 0 aromatic rings. The monoisotopic (exact) mass is 238 g/mol. The third-order valence-corrected chi connectivity index (χ3v) is 4.90. The Bertz CT molecular complexity index is 207. The van der Waals surface area contributed by atoms with Gasteiger partial charge in [-0.1, -0.05) is 26.2 Å². The van der Waals surface area contributed by atoms with Crippen LogP contribution in [0.25, 0.3) is 0 Å². The summed E-state index contributed by atoms with van der Waals surface area (Å²) in [5, 5.41) is 3.45. The zero-order chi connectivity index (χ0) is 12.1. The molecule has 2 aliphatic rings. The van der Waals surface area contributed by atoms with Gasteiger partial charge in [0, 0.05) is 13.1 Å². The van der Waals surface area contributed by atoms with Crippen molar-refractivity contribution in [3.05, 3.63) is 0 Å². The second-order valence-corrected chi connectivity index (χ2v) is 6.55. The molecule has 0 atom stereocenters. The first kappa shape index (κ1) is 13.4. The highest BCUT2D eigenvalue weighted by Gasteiger charge is 2.33. The van der Waals surface area contributed by atoms with E-state index in [-0.39, 0.29) is 0 Å². The van der Waals surface area contributed by atoms with E-state index in [2.05, 4.69) is 24.2 Å². The lowest BCUT2D eigenvalue weighted by Gasteiger charge is -2.43. The standard InChI is InChI=1S/C15H30N2/c1-14-6-10-17(11-7-14)13-15(12-16-2)8-4-3-5-9-15/h14,16H,3-13H2,1-2H3. The number of nitrogens with zero attached hydrogens (tertiary/aromatic N) is 1. The first-order valence-electron chi connectivity index (χ1n) is 7.61. The van der Waals surface area contributed by atoms with Crippen molar-refractivity contribution < 1.29 is 0 Å². The lowest BCUT2D eigenvalue weighted by molar-refractivity contribution is 0.0815. The predicted octanol–water partition coefficient (Wildman–Crippen LogP) is 2.89. The van der Waals surface area contributed by atoms with E-state index < -0.39 is 0 Å². The third kappa shape index (κ3) is 3.69. The van der Waals surface area contributed by atoms with Crippen molar-refractivity contribution in [2.75, 3.05) is 33.2 Å². The van der Waals surface area contributed by atoms with Gasteiger partial charge in [0.1, 0.15) is 0 Å². The highest BCUT2D eigenvalue weighted by atomic mass is 15.1. The molecule has 0 bridgehead atoms. The van der Waals surface area contributed by atoms with Gasteiger partial charge in [0.2, 0.25) is 0 Å². The van der Waals surface area contributed by atoms with E-state index >= 15 is 0 Å². The van der Waals surface area contributed by atoms with E-state index in [4.69, 9.17) is 0 Å². The smallest absolute Gasteiger partial charge is 0.00501 e. The molecule has 100 valence electrons. The second kappa shape index (κ2) is 6.19. The quantitative estimate of drug-likeness (QED) is 0.810. The Hall–Kier alpha value is -0.0800. The molecule has 2 nitrogen and oxygen atoms in total. The summed E-state index contributed by atoms with van der Waals surface area (Å²) >= 11 is 0. The van der Waals surface area contributed by atoms with E-state index in [1.54, 1.807) is 0 Å². The number of rotatable bonds is 4. The summed E-state index contributed by atoms with van der Waals surface area (Å²) in [5.74, 6) is 0.956. The molecule has 1 saturated carbocycles. The Morgan fingerprint density at radius 2 is 1.76 bits per heavy atom. The average molecular weight is 238 g/mol. The molecule has 0 aromatic carbocycles. The fourth-order valence-corrected chi connectivity index (χ4v) is 3.76. The molecule has 2 rings (SSSR count). The summed E-state index contributed by atoms with van der Waals surface area (Å²) in [6.07, 6.45) is 10.1. The van der Waals surface area contributed by atoms with Gasteiger partial charge in [-0.3, -0.25) is 0 Å². The summed E-state index contributed by atoms with van der Waals surface area (Å²) in [6, 6.07) is 0. The minimum atomic E-state index is 0.591. The molecule has 1 N–H and O–H groups in total. The van der Waals surface area contributed by atoms with E-state index in [0.29, 0.717) is 5.41 Å². The largest absolute Gasteiger partial charge is 0.319 e. The molecule has 2 fully saturated rings. The van der Waals surface area contributed by atoms with E-state index in [0.717, 1.165) is 5.92 Å². The summed E-state index contributed by atoms with van der Waals surface area (Å²) in [6.45, 7) is 7.65. The molecule has 0 aromatic heterocycles. The van der Waals surface area contributed by atoms with Gasteiger partial charge in [-0.2, -0.15) is 0 Å². The molecule has 0 unspecified atom stereocenters. The van der Waals surface area contributed by atoms with Crippen LogP contribution in [0.3, 0.4) is 0 Å². The molecule has 0 amide bonds. The lowest BCUT2D eigenvalue weighted by Crippen LogP contribution is -2.46. The average Bonchev–Trinajstić information content (AvgIpc) is 2.34. The Morgan fingerprint density at radius 3 is 2.35 bits per heavy atom. The number of nitrogens with one attached hydrogen (secondary N) is 1. The molecule has 2 heteroatoms. The minimum absolute atomic E-state index is 0.591. The number of piperidine rings is 1. The van der Waals surface area contributed by atoms with Gasteiger partial charge in [0.25, 0.3) is 0 Å². The van der Waals surface area contributed by atoms with E-state index in [1.165, 1.54) is 71.1 Å². The van der Waals surface area contributed by atoms with Crippen molar-refractivity contribution in [1.29, 1.82) is 0 Å². The lowest BCUT2D eigenvalue weighted by atomic mass is 9.73. The SMILES string of the molecule is CNCC1(CN2CCC(C)CC2)CCCCC1. The highest BCUT2D eigenvalue weighted by molar-refractivity contribution is 4.88. The Balaban J connectivity index is 1.88. The molecule has 17 heavy (non-hydrogen) atoms. The van der Waals surface area contributed by atoms with E-state index in [9.17, 15) is 0 Å². The van der Waals surface area contributed by atoms with Gasteiger partial charge in [-0.15, -0.1) is 0 Å². The van der Waals surface area contributed by atoms with Crippen LogP contribution in [0.4, 0.5) is 0 Å². The number of hydrogen-bond donors (Lipinski definition) is 1. The van der Waals surface area contributed by atoms with Gasteiger partial charge in [0.05, 0.1) is 0 Å². The van der Waals surface area contributed by atoms with Crippen molar-refractivity contribution in [2.24, 2.45) is 11.3 Å². The van der Waals surface area contributed by atoms with Crippen LogP contribution in [0.15, 0.2) is 0 Å². The van der Waals surface area contributed by atoms with Crippen LogP contribution in [-0.4, -0.2) is 38.1 Å². The van der Waals surface area contributed by atoms with Crippen LogP contribution in [-0.2, 0) is 0 Å². The topological polar surface area (TPSA) is 15.3 Å². The van der Waals surface area contributed by atoms with Crippen LogP contribution >= 0.6 is 0 Å².